The van der Waals surface area contributed by atoms with Crippen LogP contribution in [0.4, 0.5) is 0 Å². The number of ether oxygens (including phenoxy) is 1. The van der Waals surface area contributed by atoms with Gasteiger partial charge in [-0.15, -0.1) is 0 Å². The number of likely N-dealkylation sites (N-methyl/N-ethyl adjacent to an activating group) is 1. The van der Waals surface area contributed by atoms with E-state index in [-0.39, 0.29) is 24.3 Å². The van der Waals surface area contributed by atoms with E-state index in [1.54, 1.807) is 11.9 Å². The average Bonchev–Trinajstić information content (AvgIpc) is 2.48. The molecule has 2 heterocycles. The molecule has 0 bridgehead atoms. The molecule has 1 unspecified atom stereocenters. The van der Waals surface area contributed by atoms with Crippen molar-refractivity contribution < 1.29 is 14.3 Å². The zero-order valence-corrected chi connectivity index (χ0v) is 11.6. The van der Waals surface area contributed by atoms with Crippen molar-refractivity contribution in [1.29, 1.82) is 0 Å². The van der Waals surface area contributed by atoms with Gasteiger partial charge in [-0.25, -0.2) is 0 Å². The van der Waals surface area contributed by atoms with Gasteiger partial charge in [0.2, 0.25) is 11.8 Å². The van der Waals surface area contributed by atoms with E-state index in [1.807, 2.05) is 4.90 Å². The standard InChI is InChI=1S/C13H23N3O3/c1-15(13(18)11-3-2-8-19-10-11)9-12(17)16-6-4-14-5-7-16/h11,14H,2-10H2,1H3. The van der Waals surface area contributed by atoms with Crippen LogP contribution in [0.1, 0.15) is 12.8 Å². The van der Waals surface area contributed by atoms with Crippen LogP contribution in [-0.2, 0) is 14.3 Å². The molecule has 108 valence electrons. The van der Waals surface area contributed by atoms with E-state index in [9.17, 15) is 9.59 Å². The highest BCUT2D eigenvalue weighted by molar-refractivity contribution is 5.86. The molecule has 6 heteroatoms. The molecular formula is C13H23N3O3. The second-order valence-corrected chi connectivity index (χ2v) is 5.24. The van der Waals surface area contributed by atoms with Crippen LogP contribution in [0.25, 0.3) is 0 Å². The minimum atomic E-state index is -0.0745. The molecule has 2 fully saturated rings. The molecule has 6 nitrogen and oxygen atoms in total. The Bertz CT molecular complexity index is 323. The summed E-state index contributed by atoms with van der Waals surface area (Å²) in [7, 11) is 1.71. The molecule has 0 aliphatic carbocycles. The Hall–Kier alpha value is -1.14. The molecule has 1 N–H and O–H groups in total. The summed E-state index contributed by atoms with van der Waals surface area (Å²) in [6, 6.07) is 0. The van der Waals surface area contributed by atoms with Crippen molar-refractivity contribution in [2.24, 2.45) is 5.92 Å². The van der Waals surface area contributed by atoms with Crippen LogP contribution in [0.2, 0.25) is 0 Å². The number of amides is 2. The van der Waals surface area contributed by atoms with Crippen molar-refractivity contribution in [1.82, 2.24) is 15.1 Å². The second kappa shape index (κ2) is 6.86. The maximum Gasteiger partial charge on any atom is 0.242 e. The van der Waals surface area contributed by atoms with Gasteiger partial charge in [0.1, 0.15) is 0 Å². The van der Waals surface area contributed by atoms with E-state index in [4.69, 9.17) is 4.74 Å². The maximum atomic E-state index is 12.2. The fourth-order valence-electron chi connectivity index (χ4n) is 2.54. The molecule has 0 aromatic carbocycles. The molecule has 19 heavy (non-hydrogen) atoms. The Morgan fingerprint density at radius 2 is 2.11 bits per heavy atom. The number of hydrogen-bond donors (Lipinski definition) is 1. The van der Waals surface area contributed by atoms with Gasteiger partial charge in [0.05, 0.1) is 19.1 Å². The highest BCUT2D eigenvalue weighted by Crippen LogP contribution is 2.15. The summed E-state index contributed by atoms with van der Waals surface area (Å²) >= 11 is 0. The maximum absolute atomic E-state index is 12.2. The molecule has 1 atom stereocenters. The van der Waals surface area contributed by atoms with Gasteiger partial charge in [0.25, 0.3) is 0 Å². The molecule has 0 aromatic rings. The quantitative estimate of drug-likeness (QED) is 0.736. The average molecular weight is 269 g/mol. The monoisotopic (exact) mass is 269 g/mol. The lowest BCUT2D eigenvalue weighted by molar-refractivity contribution is -0.144. The van der Waals surface area contributed by atoms with Crippen LogP contribution >= 0.6 is 0 Å². The van der Waals surface area contributed by atoms with Gasteiger partial charge in [-0.3, -0.25) is 9.59 Å². The van der Waals surface area contributed by atoms with E-state index in [2.05, 4.69) is 5.32 Å². The number of hydrogen-bond acceptors (Lipinski definition) is 4. The minimum absolute atomic E-state index is 0.0307. The van der Waals surface area contributed by atoms with Gasteiger partial charge in [0.15, 0.2) is 0 Å². The van der Waals surface area contributed by atoms with E-state index in [1.165, 1.54) is 0 Å². The molecule has 2 aliphatic heterocycles. The summed E-state index contributed by atoms with van der Waals surface area (Å²) in [6.45, 7) is 4.54. The third kappa shape index (κ3) is 3.91. The first-order valence-electron chi connectivity index (χ1n) is 6.99. The van der Waals surface area contributed by atoms with E-state index in [0.29, 0.717) is 6.61 Å². The summed E-state index contributed by atoms with van der Waals surface area (Å²) in [5.74, 6) is -0.00756. The SMILES string of the molecule is CN(CC(=O)N1CCNCC1)C(=O)C1CCCOC1. The van der Waals surface area contributed by atoms with Crippen LogP contribution in [0, 0.1) is 5.92 Å². The van der Waals surface area contributed by atoms with Crippen molar-refractivity contribution in [3.05, 3.63) is 0 Å². The van der Waals surface area contributed by atoms with Crippen molar-refractivity contribution >= 4 is 11.8 Å². The summed E-state index contributed by atoms with van der Waals surface area (Å²) in [5.41, 5.74) is 0. The fraction of sp³-hybridized carbons (Fsp3) is 0.846. The molecule has 2 saturated heterocycles. The molecule has 2 aliphatic rings. The van der Waals surface area contributed by atoms with Crippen molar-refractivity contribution in [2.75, 3.05) is 53.0 Å². The first-order chi connectivity index (χ1) is 9.18. The Morgan fingerprint density at radius 1 is 1.37 bits per heavy atom. The smallest absolute Gasteiger partial charge is 0.242 e. The van der Waals surface area contributed by atoms with E-state index in [0.717, 1.165) is 45.6 Å². The van der Waals surface area contributed by atoms with Gasteiger partial charge in [0, 0.05) is 39.8 Å². The third-order valence-electron chi connectivity index (χ3n) is 3.73. The molecular weight excluding hydrogens is 246 g/mol. The first-order valence-corrected chi connectivity index (χ1v) is 6.99. The van der Waals surface area contributed by atoms with Crippen LogP contribution in [0.5, 0.6) is 0 Å². The minimum Gasteiger partial charge on any atom is -0.381 e. The summed E-state index contributed by atoms with van der Waals surface area (Å²) in [4.78, 5) is 27.6. The highest BCUT2D eigenvalue weighted by atomic mass is 16.5. The summed E-state index contributed by atoms with van der Waals surface area (Å²) in [6.07, 6.45) is 1.79. The number of piperazine rings is 1. The number of carbonyl (C=O) groups excluding carboxylic acids is 2. The number of rotatable bonds is 3. The molecule has 2 amide bonds. The van der Waals surface area contributed by atoms with E-state index < -0.39 is 0 Å². The number of carbonyl (C=O) groups is 2. The first kappa shape index (κ1) is 14.3. The molecule has 0 radical (unpaired) electrons. The van der Waals surface area contributed by atoms with Crippen LogP contribution in [-0.4, -0.2) is 74.6 Å². The van der Waals surface area contributed by atoms with Gasteiger partial charge in [-0.1, -0.05) is 0 Å². The highest BCUT2D eigenvalue weighted by Gasteiger charge is 2.27. The zero-order chi connectivity index (χ0) is 13.7. The normalized spacial score (nSPS) is 24.1. The Morgan fingerprint density at radius 3 is 2.74 bits per heavy atom. The molecule has 0 spiro atoms. The van der Waals surface area contributed by atoms with Crippen LogP contribution < -0.4 is 5.32 Å². The zero-order valence-electron chi connectivity index (χ0n) is 11.6. The predicted molar refractivity (Wildman–Crippen MR) is 70.6 cm³/mol. The second-order valence-electron chi connectivity index (χ2n) is 5.24. The lowest BCUT2D eigenvalue weighted by Gasteiger charge is -2.31. The topological polar surface area (TPSA) is 61.9 Å². The van der Waals surface area contributed by atoms with Gasteiger partial charge in [-0.05, 0) is 12.8 Å². The Labute approximate surface area is 114 Å². The number of nitrogens with zero attached hydrogens (tertiary/aromatic N) is 2. The largest absolute Gasteiger partial charge is 0.381 e. The Balaban J connectivity index is 1.80. The Kier molecular flexibility index (Phi) is 5.15. The number of nitrogens with one attached hydrogen (secondary N) is 1. The van der Waals surface area contributed by atoms with Crippen molar-refractivity contribution in [3.8, 4) is 0 Å². The van der Waals surface area contributed by atoms with Crippen LogP contribution in [0.15, 0.2) is 0 Å². The van der Waals surface area contributed by atoms with Gasteiger partial charge < -0.3 is 19.9 Å². The predicted octanol–water partition coefficient (Wildman–Crippen LogP) is -0.697. The van der Waals surface area contributed by atoms with Gasteiger partial charge >= 0.3 is 0 Å². The summed E-state index contributed by atoms with van der Waals surface area (Å²) < 4.78 is 5.32. The molecule has 2 rings (SSSR count). The summed E-state index contributed by atoms with van der Waals surface area (Å²) in [5, 5.41) is 3.21. The lowest BCUT2D eigenvalue weighted by atomic mass is 10.0. The van der Waals surface area contributed by atoms with Crippen LogP contribution in [0.3, 0.4) is 0 Å². The molecule has 0 saturated carbocycles. The van der Waals surface area contributed by atoms with Crippen molar-refractivity contribution in [2.45, 2.75) is 12.8 Å². The fourth-order valence-corrected chi connectivity index (χ4v) is 2.54. The van der Waals surface area contributed by atoms with E-state index >= 15 is 0 Å². The lowest BCUT2D eigenvalue weighted by Crippen LogP contribution is -2.50. The van der Waals surface area contributed by atoms with Crippen molar-refractivity contribution in [3.63, 3.8) is 0 Å². The third-order valence-corrected chi connectivity index (χ3v) is 3.73. The van der Waals surface area contributed by atoms with Gasteiger partial charge in [-0.2, -0.15) is 0 Å². The molecule has 0 aromatic heterocycles.